The minimum absolute atomic E-state index is 0.0485. The van der Waals surface area contributed by atoms with Crippen LogP contribution in [0.3, 0.4) is 0 Å². The third-order valence-corrected chi connectivity index (χ3v) is 2.31. The standard InChI is InChI=1S/C13H15NO2/c1-4-9-13(2,3)12(16)14-10-7-5-6-8-11(10)15/h1,5-8,15H,9H2,2-3H3,(H,14,16). The number of terminal acetylenes is 1. The Morgan fingerprint density at radius 1 is 1.50 bits per heavy atom. The number of aromatic hydroxyl groups is 1. The van der Waals surface area contributed by atoms with Crippen LogP contribution in [-0.2, 0) is 4.79 Å². The molecule has 0 heterocycles. The Hall–Kier alpha value is -1.95. The fraction of sp³-hybridized carbons (Fsp3) is 0.308. The zero-order valence-electron chi connectivity index (χ0n) is 9.45. The second kappa shape index (κ2) is 4.71. The highest BCUT2D eigenvalue weighted by Crippen LogP contribution is 2.26. The summed E-state index contributed by atoms with van der Waals surface area (Å²) in [5.41, 5.74) is -0.241. The molecule has 0 aromatic heterocycles. The monoisotopic (exact) mass is 217 g/mol. The maximum Gasteiger partial charge on any atom is 0.231 e. The van der Waals surface area contributed by atoms with E-state index in [1.165, 1.54) is 6.07 Å². The second-order valence-corrected chi connectivity index (χ2v) is 4.24. The summed E-state index contributed by atoms with van der Waals surface area (Å²) in [7, 11) is 0. The highest BCUT2D eigenvalue weighted by molar-refractivity contribution is 5.96. The molecule has 0 aliphatic heterocycles. The van der Waals surface area contributed by atoms with Gasteiger partial charge in [-0.25, -0.2) is 0 Å². The van der Waals surface area contributed by atoms with Gasteiger partial charge in [-0.05, 0) is 12.1 Å². The summed E-state index contributed by atoms with van der Waals surface area (Å²) in [6.07, 6.45) is 5.55. The average Bonchev–Trinajstić information content (AvgIpc) is 2.21. The van der Waals surface area contributed by atoms with E-state index in [0.717, 1.165) is 0 Å². The summed E-state index contributed by atoms with van der Waals surface area (Å²) in [5.74, 6) is 2.31. The van der Waals surface area contributed by atoms with Gasteiger partial charge in [0.1, 0.15) is 5.75 Å². The topological polar surface area (TPSA) is 49.3 Å². The highest BCUT2D eigenvalue weighted by atomic mass is 16.3. The number of rotatable bonds is 3. The predicted octanol–water partition coefficient (Wildman–Crippen LogP) is 2.38. The minimum atomic E-state index is -0.642. The van der Waals surface area contributed by atoms with Crippen molar-refractivity contribution in [2.45, 2.75) is 20.3 Å². The third-order valence-electron chi connectivity index (χ3n) is 2.31. The molecule has 0 atom stereocenters. The van der Waals surface area contributed by atoms with E-state index in [1.54, 1.807) is 32.0 Å². The molecule has 16 heavy (non-hydrogen) atoms. The van der Waals surface area contributed by atoms with Gasteiger partial charge in [-0.2, -0.15) is 0 Å². The van der Waals surface area contributed by atoms with Crippen molar-refractivity contribution < 1.29 is 9.90 Å². The van der Waals surface area contributed by atoms with Gasteiger partial charge in [0.15, 0.2) is 0 Å². The molecule has 0 fully saturated rings. The Balaban J connectivity index is 2.80. The Morgan fingerprint density at radius 2 is 2.12 bits per heavy atom. The molecule has 3 heteroatoms. The number of benzene rings is 1. The lowest BCUT2D eigenvalue weighted by Crippen LogP contribution is -2.30. The molecule has 0 bridgehead atoms. The van der Waals surface area contributed by atoms with Crippen molar-refractivity contribution in [1.29, 1.82) is 0 Å². The molecular formula is C13H15NO2. The van der Waals surface area contributed by atoms with Crippen LogP contribution in [0, 0.1) is 17.8 Å². The van der Waals surface area contributed by atoms with Crippen molar-refractivity contribution in [3.05, 3.63) is 24.3 Å². The number of anilines is 1. The Bertz CT molecular complexity index is 430. The van der Waals surface area contributed by atoms with Crippen molar-refractivity contribution in [2.24, 2.45) is 5.41 Å². The van der Waals surface area contributed by atoms with Gasteiger partial charge in [0.2, 0.25) is 5.91 Å². The van der Waals surface area contributed by atoms with Gasteiger partial charge in [0, 0.05) is 6.42 Å². The number of nitrogens with one attached hydrogen (secondary N) is 1. The van der Waals surface area contributed by atoms with Gasteiger partial charge < -0.3 is 10.4 Å². The first kappa shape index (κ1) is 12.1. The molecule has 1 aromatic carbocycles. The molecule has 0 radical (unpaired) electrons. The molecule has 0 spiro atoms. The summed E-state index contributed by atoms with van der Waals surface area (Å²) in [4.78, 5) is 11.9. The fourth-order valence-corrected chi connectivity index (χ4v) is 1.21. The molecule has 0 saturated carbocycles. The highest BCUT2D eigenvalue weighted by Gasteiger charge is 2.26. The quantitative estimate of drug-likeness (QED) is 0.603. The molecule has 0 saturated heterocycles. The lowest BCUT2D eigenvalue weighted by Gasteiger charge is -2.21. The largest absolute Gasteiger partial charge is 0.506 e. The number of carbonyl (C=O) groups is 1. The van der Waals surface area contributed by atoms with E-state index < -0.39 is 5.41 Å². The Morgan fingerprint density at radius 3 is 2.69 bits per heavy atom. The number of hydrogen-bond donors (Lipinski definition) is 2. The molecule has 84 valence electrons. The van der Waals surface area contributed by atoms with Crippen molar-refractivity contribution in [3.8, 4) is 18.1 Å². The number of carbonyl (C=O) groups excluding carboxylic acids is 1. The van der Waals surface area contributed by atoms with Gasteiger partial charge in [-0.1, -0.05) is 26.0 Å². The van der Waals surface area contributed by atoms with Crippen LogP contribution in [0.2, 0.25) is 0 Å². The summed E-state index contributed by atoms with van der Waals surface area (Å²) in [5, 5.41) is 12.2. The van der Waals surface area contributed by atoms with E-state index in [1.807, 2.05) is 0 Å². The SMILES string of the molecule is C#CCC(C)(C)C(=O)Nc1ccccc1O. The number of para-hydroxylation sites is 2. The van der Waals surface area contributed by atoms with Crippen molar-refractivity contribution >= 4 is 11.6 Å². The summed E-state index contributed by atoms with van der Waals surface area (Å²) in [6, 6.07) is 6.59. The minimum Gasteiger partial charge on any atom is -0.506 e. The van der Waals surface area contributed by atoms with Crippen LogP contribution < -0.4 is 5.32 Å². The summed E-state index contributed by atoms with van der Waals surface area (Å²) < 4.78 is 0. The van der Waals surface area contributed by atoms with E-state index in [9.17, 15) is 9.90 Å². The van der Waals surface area contributed by atoms with E-state index in [0.29, 0.717) is 12.1 Å². The zero-order valence-corrected chi connectivity index (χ0v) is 9.45. The van der Waals surface area contributed by atoms with Gasteiger partial charge >= 0.3 is 0 Å². The van der Waals surface area contributed by atoms with Crippen molar-refractivity contribution in [1.82, 2.24) is 0 Å². The molecule has 0 aliphatic rings. The fourth-order valence-electron chi connectivity index (χ4n) is 1.21. The lowest BCUT2D eigenvalue weighted by atomic mass is 9.88. The number of amides is 1. The van der Waals surface area contributed by atoms with Gasteiger partial charge in [-0.3, -0.25) is 4.79 Å². The first-order valence-electron chi connectivity index (χ1n) is 5.00. The third kappa shape index (κ3) is 2.77. The van der Waals surface area contributed by atoms with Crippen LogP contribution in [0.1, 0.15) is 20.3 Å². The summed E-state index contributed by atoms with van der Waals surface area (Å²) >= 11 is 0. The average molecular weight is 217 g/mol. The Kier molecular flexibility index (Phi) is 3.57. The van der Waals surface area contributed by atoms with Crippen LogP contribution in [-0.4, -0.2) is 11.0 Å². The molecule has 0 aliphatic carbocycles. The molecular weight excluding hydrogens is 202 g/mol. The molecule has 3 nitrogen and oxygen atoms in total. The summed E-state index contributed by atoms with van der Waals surface area (Å²) in [6.45, 7) is 3.53. The normalized spacial score (nSPS) is 10.6. The van der Waals surface area contributed by atoms with Crippen LogP contribution >= 0.6 is 0 Å². The number of phenolic OH excluding ortho intramolecular Hbond substituents is 1. The maximum atomic E-state index is 11.9. The first-order chi connectivity index (χ1) is 7.47. The van der Waals surface area contributed by atoms with Gasteiger partial charge in [-0.15, -0.1) is 12.3 Å². The lowest BCUT2D eigenvalue weighted by molar-refractivity contribution is -0.123. The molecule has 1 rings (SSSR count). The van der Waals surface area contributed by atoms with Crippen LogP contribution in [0.25, 0.3) is 0 Å². The zero-order chi connectivity index (χ0) is 12.2. The molecule has 2 N–H and O–H groups in total. The number of phenols is 1. The maximum absolute atomic E-state index is 11.9. The van der Waals surface area contributed by atoms with E-state index >= 15 is 0 Å². The Labute approximate surface area is 95.5 Å². The van der Waals surface area contributed by atoms with E-state index in [4.69, 9.17) is 6.42 Å². The van der Waals surface area contributed by atoms with Crippen molar-refractivity contribution in [3.63, 3.8) is 0 Å². The van der Waals surface area contributed by atoms with Crippen LogP contribution in [0.5, 0.6) is 5.75 Å². The molecule has 1 aromatic rings. The number of hydrogen-bond acceptors (Lipinski definition) is 2. The first-order valence-corrected chi connectivity index (χ1v) is 5.00. The van der Waals surface area contributed by atoms with Crippen LogP contribution in [0.4, 0.5) is 5.69 Å². The molecule has 0 unspecified atom stereocenters. The van der Waals surface area contributed by atoms with Gasteiger partial charge in [0.25, 0.3) is 0 Å². The van der Waals surface area contributed by atoms with Gasteiger partial charge in [0.05, 0.1) is 11.1 Å². The van der Waals surface area contributed by atoms with E-state index in [-0.39, 0.29) is 11.7 Å². The second-order valence-electron chi connectivity index (χ2n) is 4.24. The predicted molar refractivity (Wildman–Crippen MR) is 64.0 cm³/mol. The smallest absolute Gasteiger partial charge is 0.231 e. The van der Waals surface area contributed by atoms with Crippen LogP contribution in [0.15, 0.2) is 24.3 Å². The molecule has 1 amide bonds. The van der Waals surface area contributed by atoms with E-state index in [2.05, 4.69) is 11.2 Å². The van der Waals surface area contributed by atoms with Crippen molar-refractivity contribution in [2.75, 3.05) is 5.32 Å².